The Balaban J connectivity index is 1.62. The lowest BCUT2D eigenvalue weighted by Crippen LogP contribution is -2.47. The first-order valence-electron chi connectivity index (χ1n) is 7.79. The molecule has 2 heterocycles. The van der Waals surface area contributed by atoms with E-state index in [1.165, 1.54) is 0 Å². The number of likely N-dealkylation sites (tertiary alicyclic amines) is 1. The molecule has 2 aliphatic rings. The normalized spacial score (nSPS) is 22.6. The second kappa shape index (κ2) is 6.33. The Hall–Kier alpha value is -1.86. The van der Waals surface area contributed by atoms with Crippen LogP contribution in [-0.4, -0.2) is 40.0 Å². The van der Waals surface area contributed by atoms with Gasteiger partial charge in [0.25, 0.3) is 0 Å². The maximum Gasteiger partial charge on any atom is 0.433 e. The molecule has 1 saturated heterocycles. The van der Waals surface area contributed by atoms with Gasteiger partial charge in [0.15, 0.2) is 5.69 Å². The van der Waals surface area contributed by atoms with E-state index in [0.717, 1.165) is 37.9 Å². The highest BCUT2D eigenvalue weighted by atomic mass is 19.4. The van der Waals surface area contributed by atoms with Crippen molar-refractivity contribution in [2.24, 2.45) is 5.92 Å². The molecule has 5 nitrogen and oxygen atoms in total. The van der Waals surface area contributed by atoms with Crippen molar-refractivity contribution in [3.63, 3.8) is 0 Å². The fourth-order valence-corrected chi connectivity index (χ4v) is 2.85. The minimum absolute atomic E-state index is 0.110. The molecule has 0 spiro atoms. The summed E-state index contributed by atoms with van der Waals surface area (Å²) in [5.41, 5.74) is -1.03. The quantitative estimate of drug-likeness (QED) is 0.855. The van der Waals surface area contributed by atoms with Gasteiger partial charge in [0.2, 0.25) is 5.91 Å². The third-order valence-electron chi connectivity index (χ3n) is 4.34. The lowest BCUT2D eigenvalue weighted by Gasteiger charge is -2.36. The second-order valence-corrected chi connectivity index (χ2v) is 6.02. The van der Waals surface area contributed by atoms with E-state index < -0.39 is 11.9 Å². The van der Waals surface area contributed by atoms with E-state index in [1.807, 2.05) is 0 Å². The number of hydrogen-bond donors (Lipinski definition) is 0. The predicted octanol–water partition coefficient (Wildman–Crippen LogP) is 2.67. The van der Waals surface area contributed by atoms with Crippen LogP contribution >= 0.6 is 0 Å². The fraction of sp³-hybridized carbons (Fsp3) is 0.667. The molecule has 1 aliphatic carbocycles. The van der Waals surface area contributed by atoms with Crippen molar-refractivity contribution in [3.8, 4) is 6.01 Å². The molecule has 1 amide bonds. The number of amides is 1. The molecule has 1 atom stereocenters. The van der Waals surface area contributed by atoms with Crippen molar-refractivity contribution in [3.05, 3.63) is 18.0 Å². The van der Waals surface area contributed by atoms with Crippen LogP contribution in [0.4, 0.5) is 13.2 Å². The topological polar surface area (TPSA) is 55.3 Å². The zero-order valence-electron chi connectivity index (χ0n) is 12.6. The van der Waals surface area contributed by atoms with Crippen molar-refractivity contribution < 1.29 is 22.7 Å². The Morgan fingerprint density at radius 2 is 2.04 bits per heavy atom. The molecule has 0 N–H and O–H groups in total. The van der Waals surface area contributed by atoms with Gasteiger partial charge in [-0.05, 0) is 31.7 Å². The van der Waals surface area contributed by atoms with Crippen molar-refractivity contribution in [1.29, 1.82) is 0 Å². The molecule has 2 fully saturated rings. The van der Waals surface area contributed by atoms with Crippen molar-refractivity contribution >= 4 is 5.91 Å². The average Bonchev–Trinajstić information content (AvgIpc) is 2.45. The van der Waals surface area contributed by atoms with Gasteiger partial charge in [-0.1, -0.05) is 6.42 Å². The number of hydrogen-bond acceptors (Lipinski definition) is 4. The second-order valence-electron chi connectivity index (χ2n) is 6.02. The van der Waals surface area contributed by atoms with Crippen LogP contribution in [-0.2, 0) is 11.0 Å². The highest BCUT2D eigenvalue weighted by Gasteiger charge is 2.35. The molecule has 0 bridgehead atoms. The van der Waals surface area contributed by atoms with E-state index in [9.17, 15) is 18.0 Å². The van der Waals surface area contributed by atoms with Crippen LogP contribution < -0.4 is 4.74 Å². The monoisotopic (exact) mass is 329 g/mol. The van der Waals surface area contributed by atoms with Crippen LogP contribution in [0.3, 0.4) is 0 Å². The van der Waals surface area contributed by atoms with Gasteiger partial charge in [-0.15, -0.1) is 0 Å². The zero-order valence-corrected chi connectivity index (χ0v) is 12.6. The summed E-state index contributed by atoms with van der Waals surface area (Å²) in [4.78, 5) is 21.2. The van der Waals surface area contributed by atoms with E-state index in [4.69, 9.17) is 4.74 Å². The summed E-state index contributed by atoms with van der Waals surface area (Å²) in [7, 11) is 0. The smallest absolute Gasteiger partial charge is 0.433 e. The summed E-state index contributed by atoms with van der Waals surface area (Å²) in [6, 6.07) is 0.517. The van der Waals surface area contributed by atoms with Crippen LogP contribution in [0, 0.1) is 5.92 Å². The predicted molar refractivity (Wildman–Crippen MR) is 74.6 cm³/mol. The van der Waals surface area contributed by atoms with Crippen LogP contribution in [0.1, 0.15) is 37.8 Å². The molecule has 1 aromatic rings. The summed E-state index contributed by atoms with van der Waals surface area (Å²) in [6.07, 6.45) is 0.523. The number of carbonyl (C=O) groups is 1. The van der Waals surface area contributed by atoms with Crippen LogP contribution in [0.25, 0.3) is 0 Å². The van der Waals surface area contributed by atoms with Gasteiger partial charge in [-0.3, -0.25) is 4.79 Å². The SMILES string of the molecule is O=C(C1CCC1)N1CCCC(Oc2nccc(C(F)(F)F)n2)C1. The first-order chi connectivity index (χ1) is 10.9. The molecular formula is C15H18F3N3O2. The number of halogens is 3. The Bertz CT molecular complexity index is 575. The summed E-state index contributed by atoms with van der Waals surface area (Å²) in [5, 5.41) is 0. The van der Waals surface area contributed by atoms with Gasteiger partial charge in [0, 0.05) is 18.7 Å². The number of nitrogens with zero attached hydrogens (tertiary/aromatic N) is 3. The highest BCUT2D eigenvalue weighted by Crippen LogP contribution is 2.30. The number of rotatable bonds is 3. The molecule has 126 valence electrons. The maximum atomic E-state index is 12.6. The molecule has 0 radical (unpaired) electrons. The molecule has 0 aromatic carbocycles. The first kappa shape index (κ1) is 16.0. The Morgan fingerprint density at radius 1 is 1.26 bits per heavy atom. The summed E-state index contributed by atoms with van der Waals surface area (Å²) in [6.45, 7) is 1.06. The third-order valence-corrected chi connectivity index (χ3v) is 4.34. The molecule has 1 aromatic heterocycles. The van der Waals surface area contributed by atoms with E-state index in [-0.39, 0.29) is 23.9 Å². The summed E-state index contributed by atoms with van der Waals surface area (Å²) in [5.74, 6) is 0.244. The van der Waals surface area contributed by atoms with Gasteiger partial charge in [-0.25, -0.2) is 4.98 Å². The fourth-order valence-electron chi connectivity index (χ4n) is 2.85. The molecule has 1 saturated carbocycles. The van der Waals surface area contributed by atoms with E-state index >= 15 is 0 Å². The maximum absolute atomic E-state index is 12.6. The van der Waals surface area contributed by atoms with E-state index in [0.29, 0.717) is 19.5 Å². The van der Waals surface area contributed by atoms with Crippen molar-refractivity contribution in [1.82, 2.24) is 14.9 Å². The molecule has 8 heteroatoms. The Kier molecular flexibility index (Phi) is 4.41. The van der Waals surface area contributed by atoms with Gasteiger partial charge in [-0.2, -0.15) is 18.2 Å². The summed E-state index contributed by atoms with van der Waals surface area (Å²) < 4.78 is 43.4. The van der Waals surface area contributed by atoms with Crippen LogP contribution in [0.15, 0.2) is 12.3 Å². The lowest BCUT2D eigenvalue weighted by molar-refractivity contribution is -0.141. The molecule has 1 aliphatic heterocycles. The van der Waals surface area contributed by atoms with Crippen molar-refractivity contribution in [2.75, 3.05) is 13.1 Å². The molecule has 3 rings (SSSR count). The van der Waals surface area contributed by atoms with Crippen LogP contribution in [0.2, 0.25) is 0 Å². The average molecular weight is 329 g/mol. The number of carbonyl (C=O) groups excluding carboxylic acids is 1. The van der Waals surface area contributed by atoms with Gasteiger partial charge >= 0.3 is 12.2 Å². The molecule has 1 unspecified atom stereocenters. The minimum atomic E-state index is -4.53. The van der Waals surface area contributed by atoms with Crippen molar-refractivity contribution in [2.45, 2.75) is 44.4 Å². The number of ether oxygens (including phenoxy) is 1. The van der Waals surface area contributed by atoms with Gasteiger partial charge < -0.3 is 9.64 Å². The minimum Gasteiger partial charge on any atom is -0.458 e. The molecule has 23 heavy (non-hydrogen) atoms. The largest absolute Gasteiger partial charge is 0.458 e. The van der Waals surface area contributed by atoms with E-state index in [1.54, 1.807) is 4.90 Å². The zero-order chi connectivity index (χ0) is 16.4. The third kappa shape index (κ3) is 3.73. The Labute approximate surface area is 131 Å². The lowest BCUT2D eigenvalue weighted by atomic mass is 9.84. The van der Waals surface area contributed by atoms with Gasteiger partial charge in [0.1, 0.15) is 6.10 Å². The number of alkyl halides is 3. The van der Waals surface area contributed by atoms with Gasteiger partial charge in [0.05, 0.1) is 6.54 Å². The van der Waals surface area contributed by atoms with Crippen LogP contribution in [0.5, 0.6) is 6.01 Å². The standard InChI is InChI=1S/C15H18F3N3O2/c16-15(17,18)12-6-7-19-14(20-12)23-11-5-2-8-21(9-11)13(22)10-3-1-4-10/h6-7,10-11H,1-5,8-9H2. The number of aromatic nitrogens is 2. The Morgan fingerprint density at radius 3 is 2.70 bits per heavy atom. The highest BCUT2D eigenvalue weighted by molar-refractivity contribution is 5.79. The molecular weight excluding hydrogens is 311 g/mol. The first-order valence-corrected chi connectivity index (χ1v) is 7.79. The summed E-state index contributed by atoms with van der Waals surface area (Å²) >= 11 is 0. The number of piperidine rings is 1. The van der Waals surface area contributed by atoms with E-state index in [2.05, 4.69) is 9.97 Å².